The first-order valence-corrected chi connectivity index (χ1v) is 9.92. The van der Waals surface area contributed by atoms with E-state index in [2.05, 4.69) is 17.6 Å². The number of amides is 2. The van der Waals surface area contributed by atoms with Crippen molar-refractivity contribution in [2.24, 2.45) is 5.92 Å². The second-order valence-corrected chi connectivity index (χ2v) is 7.77. The van der Waals surface area contributed by atoms with Crippen molar-refractivity contribution in [2.45, 2.75) is 33.6 Å². The Bertz CT molecular complexity index is 837. The molecule has 1 aliphatic rings. The fourth-order valence-corrected chi connectivity index (χ4v) is 3.46. The van der Waals surface area contributed by atoms with E-state index in [1.54, 1.807) is 0 Å². The van der Waals surface area contributed by atoms with Gasteiger partial charge in [0.2, 0.25) is 5.91 Å². The molecule has 1 aliphatic heterocycles. The summed E-state index contributed by atoms with van der Waals surface area (Å²) in [5, 5.41) is 6.03. The lowest BCUT2D eigenvalue weighted by Crippen LogP contribution is -2.37. The van der Waals surface area contributed by atoms with Crippen molar-refractivity contribution in [3.05, 3.63) is 59.2 Å². The molecule has 2 aromatic rings. The Labute approximate surface area is 167 Å². The third-order valence-electron chi connectivity index (χ3n) is 5.31. The van der Waals surface area contributed by atoms with E-state index in [0.29, 0.717) is 11.5 Å². The first kappa shape index (κ1) is 19.9. The average Bonchev–Trinajstić information content (AvgIpc) is 2.69. The van der Waals surface area contributed by atoms with Crippen LogP contribution in [0, 0.1) is 19.8 Å². The van der Waals surface area contributed by atoms with Crippen molar-refractivity contribution in [2.75, 3.05) is 30.3 Å². The van der Waals surface area contributed by atoms with Crippen LogP contribution in [-0.2, 0) is 4.79 Å². The van der Waals surface area contributed by atoms with Gasteiger partial charge in [-0.25, -0.2) is 0 Å². The van der Waals surface area contributed by atoms with Crippen molar-refractivity contribution in [1.29, 1.82) is 0 Å². The summed E-state index contributed by atoms with van der Waals surface area (Å²) in [4.78, 5) is 26.7. The summed E-state index contributed by atoms with van der Waals surface area (Å²) in [5.41, 5.74) is 4.55. The van der Waals surface area contributed by atoms with Crippen LogP contribution in [0.15, 0.2) is 42.5 Å². The van der Waals surface area contributed by atoms with Gasteiger partial charge in [-0.2, -0.15) is 0 Å². The molecule has 0 aliphatic carbocycles. The molecule has 1 saturated heterocycles. The fraction of sp³-hybridized carbons (Fsp3) is 0.391. The molecule has 5 nitrogen and oxygen atoms in total. The quantitative estimate of drug-likeness (QED) is 0.817. The molecule has 0 aromatic heterocycles. The molecule has 148 valence electrons. The summed E-state index contributed by atoms with van der Waals surface area (Å²) in [7, 11) is 0. The first-order chi connectivity index (χ1) is 13.4. The van der Waals surface area contributed by atoms with Crippen LogP contribution in [0.3, 0.4) is 0 Å². The van der Waals surface area contributed by atoms with E-state index in [4.69, 9.17) is 0 Å². The van der Waals surface area contributed by atoms with Crippen molar-refractivity contribution in [3.63, 3.8) is 0 Å². The minimum atomic E-state index is -0.102. The molecule has 0 saturated carbocycles. The van der Waals surface area contributed by atoms with Gasteiger partial charge in [0.15, 0.2) is 0 Å². The summed E-state index contributed by atoms with van der Waals surface area (Å²) in [6.45, 7) is 8.08. The van der Waals surface area contributed by atoms with Gasteiger partial charge >= 0.3 is 0 Å². The largest absolute Gasteiger partial charge is 0.376 e. The highest BCUT2D eigenvalue weighted by molar-refractivity contribution is 5.95. The maximum absolute atomic E-state index is 12.6. The van der Waals surface area contributed by atoms with Gasteiger partial charge in [0, 0.05) is 30.0 Å². The Balaban J connectivity index is 1.51. The normalized spacial score (nSPS) is 14.6. The molecule has 0 unspecified atom stereocenters. The van der Waals surface area contributed by atoms with Gasteiger partial charge < -0.3 is 15.5 Å². The number of hydrogen-bond acceptors (Lipinski definition) is 3. The number of likely N-dealkylation sites (tertiary alicyclic amines) is 1. The molecule has 0 spiro atoms. The predicted octanol–water partition coefficient (Wildman–Crippen LogP) is 4.23. The summed E-state index contributed by atoms with van der Waals surface area (Å²) < 4.78 is 0. The molecule has 3 rings (SSSR count). The lowest BCUT2D eigenvalue weighted by atomic mass is 9.98. The molecule has 1 heterocycles. The number of benzene rings is 2. The summed E-state index contributed by atoms with van der Waals surface area (Å²) in [5.74, 6) is 0.686. The Morgan fingerprint density at radius 1 is 1.04 bits per heavy atom. The molecule has 1 fully saturated rings. The smallest absolute Gasteiger partial charge is 0.253 e. The molecule has 2 aromatic carbocycles. The molecule has 5 heteroatoms. The number of anilines is 2. The van der Waals surface area contributed by atoms with Gasteiger partial charge in [0.25, 0.3) is 5.91 Å². The maximum atomic E-state index is 12.6. The molecule has 0 radical (unpaired) electrons. The van der Waals surface area contributed by atoms with Crippen LogP contribution in [0.1, 0.15) is 41.3 Å². The van der Waals surface area contributed by atoms with Crippen LogP contribution in [0.2, 0.25) is 0 Å². The Morgan fingerprint density at radius 3 is 2.36 bits per heavy atom. The molecule has 2 N–H and O–H groups in total. The van der Waals surface area contributed by atoms with E-state index in [1.807, 2.05) is 61.2 Å². The summed E-state index contributed by atoms with van der Waals surface area (Å²) in [6, 6.07) is 13.3. The van der Waals surface area contributed by atoms with Crippen LogP contribution >= 0.6 is 0 Å². The third-order valence-corrected chi connectivity index (χ3v) is 5.31. The molecular weight excluding hydrogens is 350 g/mol. The molecule has 0 bridgehead atoms. The number of nitrogens with one attached hydrogen (secondary N) is 2. The van der Waals surface area contributed by atoms with Crippen LogP contribution in [-0.4, -0.2) is 36.3 Å². The zero-order valence-corrected chi connectivity index (χ0v) is 16.9. The molecular formula is C23H29N3O2. The van der Waals surface area contributed by atoms with E-state index in [-0.39, 0.29) is 18.4 Å². The van der Waals surface area contributed by atoms with Crippen molar-refractivity contribution in [3.8, 4) is 0 Å². The highest BCUT2D eigenvalue weighted by Gasteiger charge is 2.21. The number of nitrogens with zero attached hydrogens (tertiary/aromatic N) is 1. The van der Waals surface area contributed by atoms with Crippen molar-refractivity contribution in [1.82, 2.24) is 4.90 Å². The SMILES string of the molecule is Cc1ccc(NC(=O)CNc2ccc(C(=O)N3CCC(C)CC3)cc2)c(C)c1. The second kappa shape index (κ2) is 8.91. The van der Waals surface area contributed by atoms with Gasteiger partial charge in [0.1, 0.15) is 0 Å². The molecule has 0 atom stereocenters. The van der Waals surface area contributed by atoms with Gasteiger partial charge in [-0.1, -0.05) is 24.6 Å². The highest BCUT2D eigenvalue weighted by atomic mass is 16.2. The zero-order valence-electron chi connectivity index (χ0n) is 16.9. The van der Waals surface area contributed by atoms with Crippen LogP contribution in [0.25, 0.3) is 0 Å². The van der Waals surface area contributed by atoms with Crippen molar-refractivity contribution < 1.29 is 9.59 Å². The zero-order chi connectivity index (χ0) is 20.1. The van der Waals surface area contributed by atoms with Crippen LogP contribution in [0.5, 0.6) is 0 Å². The number of piperidine rings is 1. The Kier molecular flexibility index (Phi) is 6.34. The van der Waals surface area contributed by atoms with Gasteiger partial charge in [-0.15, -0.1) is 0 Å². The number of carbonyl (C=O) groups excluding carboxylic acids is 2. The van der Waals surface area contributed by atoms with Crippen LogP contribution < -0.4 is 10.6 Å². The standard InChI is InChI=1S/C23H29N3O2/c1-16-10-12-26(13-11-16)23(28)19-5-7-20(8-6-19)24-15-22(27)25-21-9-4-17(2)14-18(21)3/h4-9,14,16,24H,10-13,15H2,1-3H3,(H,25,27). The van der Waals surface area contributed by atoms with E-state index >= 15 is 0 Å². The first-order valence-electron chi connectivity index (χ1n) is 9.92. The van der Waals surface area contributed by atoms with E-state index in [9.17, 15) is 9.59 Å². The number of rotatable bonds is 5. The minimum absolute atomic E-state index is 0.0889. The lowest BCUT2D eigenvalue weighted by Gasteiger charge is -2.30. The fourth-order valence-electron chi connectivity index (χ4n) is 3.46. The third kappa shape index (κ3) is 5.12. The average molecular weight is 380 g/mol. The van der Waals surface area contributed by atoms with E-state index < -0.39 is 0 Å². The topological polar surface area (TPSA) is 61.4 Å². The summed E-state index contributed by atoms with van der Waals surface area (Å²) in [6.07, 6.45) is 2.14. The second-order valence-electron chi connectivity index (χ2n) is 7.77. The van der Waals surface area contributed by atoms with E-state index in [0.717, 1.165) is 42.9 Å². The lowest BCUT2D eigenvalue weighted by molar-refractivity contribution is -0.114. The minimum Gasteiger partial charge on any atom is -0.376 e. The predicted molar refractivity (Wildman–Crippen MR) is 114 cm³/mol. The van der Waals surface area contributed by atoms with Gasteiger partial charge in [0.05, 0.1) is 6.54 Å². The number of aryl methyl sites for hydroxylation is 2. The summed E-state index contributed by atoms with van der Waals surface area (Å²) >= 11 is 0. The monoisotopic (exact) mass is 379 g/mol. The number of carbonyl (C=O) groups is 2. The Hall–Kier alpha value is -2.82. The molecule has 28 heavy (non-hydrogen) atoms. The van der Waals surface area contributed by atoms with Gasteiger partial charge in [-0.05, 0) is 68.5 Å². The van der Waals surface area contributed by atoms with E-state index in [1.165, 1.54) is 5.56 Å². The maximum Gasteiger partial charge on any atom is 0.253 e. The number of hydrogen-bond donors (Lipinski definition) is 2. The van der Waals surface area contributed by atoms with Gasteiger partial charge in [-0.3, -0.25) is 9.59 Å². The van der Waals surface area contributed by atoms with Crippen molar-refractivity contribution >= 4 is 23.2 Å². The molecule has 2 amide bonds. The van der Waals surface area contributed by atoms with Crippen LogP contribution in [0.4, 0.5) is 11.4 Å². The highest BCUT2D eigenvalue weighted by Crippen LogP contribution is 2.19. The Morgan fingerprint density at radius 2 is 1.71 bits per heavy atom.